The van der Waals surface area contributed by atoms with E-state index >= 15 is 0 Å². The highest BCUT2D eigenvalue weighted by molar-refractivity contribution is 5.85. The van der Waals surface area contributed by atoms with Gasteiger partial charge in [-0.05, 0) is 37.1 Å². The molecule has 0 atom stereocenters. The van der Waals surface area contributed by atoms with Crippen LogP contribution < -0.4 is 15.8 Å². The Hall–Kier alpha value is -1.40. The first-order valence-corrected chi connectivity index (χ1v) is 6.12. The molecule has 0 saturated heterocycles. The molecule has 1 aromatic rings. The van der Waals surface area contributed by atoms with Crippen molar-refractivity contribution in [1.29, 1.82) is 0 Å². The van der Waals surface area contributed by atoms with Crippen LogP contribution in [0.4, 0.5) is 8.78 Å². The summed E-state index contributed by atoms with van der Waals surface area (Å²) < 4.78 is 28.1. The van der Waals surface area contributed by atoms with E-state index in [0.29, 0.717) is 13.1 Å². The number of hydrogen-bond acceptors (Lipinski definition) is 3. The van der Waals surface area contributed by atoms with Gasteiger partial charge in [0.1, 0.15) is 5.75 Å². The molecule has 0 fully saturated rings. The number of carbonyl (C=O) groups is 1. The molecule has 0 saturated carbocycles. The van der Waals surface area contributed by atoms with Crippen LogP contribution in [-0.4, -0.2) is 25.6 Å². The van der Waals surface area contributed by atoms with Crippen molar-refractivity contribution in [2.75, 3.05) is 13.1 Å². The van der Waals surface area contributed by atoms with Crippen molar-refractivity contribution in [2.24, 2.45) is 5.73 Å². The molecule has 0 spiro atoms. The monoisotopic (exact) mass is 308 g/mol. The van der Waals surface area contributed by atoms with Gasteiger partial charge >= 0.3 is 6.61 Å². The lowest BCUT2D eigenvalue weighted by Gasteiger charge is -2.07. The molecule has 3 N–H and O–H groups in total. The fourth-order valence-corrected chi connectivity index (χ4v) is 1.53. The number of hydrogen-bond donors (Lipinski definition) is 2. The van der Waals surface area contributed by atoms with Gasteiger partial charge in [-0.15, -0.1) is 12.4 Å². The van der Waals surface area contributed by atoms with E-state index in [4.69, 9.17) is 5.73 Å². The molecular formula is C13H19ClF2N2O2. The van der Waals surface area contributed by atoms with Crippen molar-refractivity contribution >= 4 is 18.3 Å². The first kappa shape index (κ1) is 18.6. The summed E-state index contributed by atoms with van der Waals surface area (Å²) in [6, 6.07) is 6.03. The number of halogens is 3. The van der Waals surface area contributed by atoms with E-state index < -0.39 is 6.61 Å². The van der Waals surface area contributed by atoms with Gasteiger partial charge < -0.3 is 15.8 Å². The Morgan fingerprint density at radius 3 is 2.45 bits per heavy atom. The van der Waals surface area contributed by atoms with Gasteiger partial charge in [-0.2, -0.15) is 8.78 Å². The quantitative estimate of drug-likeness (QED) is 0.723. The summed E-state index contributed by atoms with van der Waals surface area (Å²) in [4.78, 5) is 11.5. The Kier molecular flexibility index (Phi) is 9.67. The van der Waals surface area contributed by atoms with Crippen LogP contribution in [0.25, 0.3) is 0 Å². The molecule has 1 aromatic carbocycles. The van der Waals surface area contributed by atoms with Gasteiger partial charge in [0.15, 0.2) is 0 Å². The maximum Gasteiger partial charge on any atom is 0.387 e. The minimum atomic E-state index is -2.84. The van der Waals surface area contributed by atoms with Gasteiger partial charge in [0, 0.05) is 6.54 Å². The highest BCUT2D eigenvalue weighted by atomic mass is 35.5. The van der Waals surface area contributed by atoms with Crippen LogP contribution in [0.3, 0.4) is 0 Å². The number of benzene rings is 1. The van der Waals surface area contributed by atoms with Crippen LogP contribution in [0.15, 0.2) is 24.3 Å². The molecule has 0 bridgehead atoms. The third kappa shape index (κ3) is 7.91. The zero-order chi connectivity index (χ0) is 14.1. The van der Waals surface area contributed by atoms with E-state index in [9.17, 15) is 13.6 Å². The maximum atomic E-state index is 11.9. The SMILES string of the molecule is Cl.NCCCCNC(=O)Cc1ccc(OC(F)F)cc1. The van der Waals surface area contributed by atoms with Crippen LogP contribution in [0.1, 0.15) is 18.4 Å². The van der Waals surface area contributed by atoms with Crippen molar-refractivity contribution in [1.82, 2.24) is 5.32 Å². The molecule has 4 nitrogen and oxygen atoms in total. The number of nitrogens with two attached hydrogens (primary N) is 1. The smallest absolute Gasteiger partial charge is 0.387 e. The van der Waals surface area contributed by atoms with Gasteiger partial charge in [0.2, 0.25) is 5.91 Å². The van der Waals surface area contributed by atoms with Gasteiger partial charge in [0.25, 0.3) is 0 Å². The molecule has 0 heterocycles. The molecular weight excluding hydrogens is 290 g/mol. The summed E-state index contributed by atoms with van der Waals surface area (Å²) in [6.07, 6.45) is 1.95. The third-order valence-corrected chi connectivity index (χ3v) is 2.47. The standard InChI is InChI=1S/C13H18F2N2O2.ClH/c14-13(15)19-11-5-3-10(4-6-11)9-12(18)17-8-2-1-7-16;/h3-6,13H,1-2,7-9,16H2,(H,17,18);1H. The van der Waals surface area contributed by atoms with Gasteiger partial charge in [-0.1, -0.05) is 12.1 Å². The second-order valence-electron chi connectivity index (χ2n) is 4.04. The topological polar surface area (TPSA) is 64.3 Å². The van der Waals surface area contributed by atoms with Gasteiger partial charge in [0.05, 0.1) is 6.42 Å². The summed E-state index contributed by atoms with van der Waals surface area (Å²) in [5.74, 6) is -0.0124. The molecule has 0 aliphatic heterocycles. The Morgan fingerprint density at radius 2 is 1.90 bits per heavy atom. The van der Waals surface area contributed by atoms with E-state index in [0.717, 1.165) is 18.4 Å². The molecule has 0 aliphatic carbocycles. The lowest BCUT2D eigenvalue weighted by molar-refractivity contribution is -0.120. The molecule has 7 heteroatoms. The molecule has 20 heavy (non-hydrogen) atoms. The number of amides is 1. The van der Waals surface area contributed by atoms with E-state index in [1.54, 1.807) is 12.1 Å². The molecule has 0 aliphatic rings. The number of alkyl halides is 2. The highest BCUT2D eigenvalue weighted by Crippen LogP contribution is 2.15. The van der Waals surface area contributed by atoms with E-state index in [1.807, 2.05) is 0 Å². The Morgan fingerprint density at radius 1 is 1.25 bits per heavy atom. The first-order chi connectivity index (χ1) is 9.11. The summed E-state index contributed by atoms with van der Waals surface area (Å²) in [5.41, 5.74) is 6.09. The average molecular weight is 309 g/mol. The van der Waals surface area contributed by atoms with Crippen molar-refractivity contribution < 1.29 is 18.3 Å². The molecule has 1 amide bonds. The fourth-order valence-electron chi connectivity index (χ4n) is 1.53. The fraction of sp³-hybridized carbons (Fsp3) is 0.462. The Balaban J connectivity index is 0.00000361. The number of carbonyl (C=O) groups excluding carboxylic acids is 1. The number of ether oxygens (including phenoxy) is 1. The summed E-state index contributed by atoms with van der Waals surface area (Å²) in [7, 11) is 0. The number of rotatable bonds is 8. The Labute approximate surface area is 123 Å². The third-order valence-electron chi connectivity index (χ3n) is 2.47. The second kappa shape index (κ2) is 10.4. The van der Waals surface area contributed by atoms with E-state index in [-0.39, 0.29) is 30.5 Å². The summed E-state index contributed by atoms with van der Waals surface area (Å²) in [6.45, 7) is -1.62. The summed E-state index contributed by atoms with van der Waals surface area (Å²) in [5, 5.41) is 2.77. The number of unbranched alkanes of at least 4 members (excludes halogenated alkanes) is 1. The van der Waals surface area contributed by atoms with Crippen LogP contribution >= 0.6 is 12.4 Å². The van der Waals surface area contributed by atoms with E-state index in [1.165, 1.54) is 12.1 Å². The zero-order valence-electron chi connectivity index (χ0n) is 11.0. The molecule has 0 radical (unpaired) electrons. The van der Waals surface area contributed by atoms with Gasteiger partial charge in [-0.25, -0.2) is 0 Å². The highest BCUT2D eigenvalue weighted by Gasteiger charge is 2.06. The predicted molar refractivity (Wildman–Crippen MR) is 75.3 cm³/mol. The molecule has 0 aromatic heterocycles. The van der Waals surface area contributed by atoms with Crippen molar-refractivity contribution in [3.63, 3.8) is 0 Å². The molecule has 0 unspecified atom stereocenters. The van der Waals surface area contributed by atoms with Crippen LogP contribution in [0.2, 0.25) is 0 Å². The van der Waals surface area contributed by atoms with Gasteiger partial charge in [-0.3, -0.25) is 4.79 Å². The average Bonchev–Trinajstić information content (AvgIpc) is 2.36. The molecule has 1 rings (SSSR count). The minimum absolute atomic E-state index is 0. The van der Waals surface area contributed by atoms with Crippen LogP contribution in [0, 0.1) is 0 Å². The van der Waals surface area contributed by atoms with Crippen molar-refractivity contribution in [3.8, 4) is 5.75 Å². The maximum absolute atomic E-state index is 11.9. The Bertz CT molecular complexity index is 388. The number of nitrogens with one attached hydrogen (secondary N) is 1. The van der Waals surface area contributed by atoms with Crippen LogP contribution in [-0.2, 0) is 11.2 Å². The lowest BCUT2D eigenvalue weighted by atomic mass is 10.1. The lowest BCUT2D eigenvalue weighted by Crippen LogP contribution is -2.26. The minimum Gasteiger partial charge on any atom is -0.435 e. The second-order valence-corrected chi connectivity index (χ2v) is 4.04. The predicted octanol–water partition coefficient (Wildman–Crippen LogP) is 2.11. The zero-order valence-corrected chi connectivity index (χ0v) is 11.8. The van der Waals surface area contributed by atoms with Crippen molar-refractivity contribution in [3.05, 3.63) is 29.8 Å². The normalized spacial score (nSPS) is 10.0. The van der Waals surface area contributed by atoms with Crippen molar-refractivity contribution in [2.45, 2.75) is 25.9 Å². The summed E-state index contributed by atoms with van der Waals surface area (Å²) >= 11 is 0. The van der Waals surface area contributed by atoms with Crippen LogP contribution in [0.5, 0.6) is 5.75 Å². The molecule has 114 valence electrons. The first-order valence-electron chi connectivity index (χ1n) is 6.12. The largest absolute Gasteiger partial charge is 0.435 e. The van der Waals surface area contributed by atoms with E-state index in [2.05, 4.69) is 10.1 Å².